The molecule has 0 aromatic rings. The summed E-state index contributed by atoms with van der Waals surface area (Å²) in [5.41, 5.74) is 0. The molecule has 0 heterocycles. The first-order valence-corrected chi connectivity index (χ1v) is 6.29. The smallest absolute Gasteiger partial charge is 0.233 e. The third-order valence-corrected chi connectivity index (χ3v) is 2.76. The van der Waals surface area contributed by atoms with E-state index in [1.54, 1.807) is 7.11 Å². The molecule has 1 aliphatic rings. The summed E-state index contributed by atoms with van der Waals surface area (Å²) < 4.78 is 4.95. The van der Waals surface area contributed by atoms with Crippen molar-refractivity contribution in [3.8, 4) is 0 Å². The minimum atomic E-state index is 0.118. The van der Waals surface area contributed by atoms with E-state index in [1.165, 1.54) is 12.8 Å². The maximum absolute atomic E-state index is 11.3. The van der Waals surface area contributed by atoms with Crippen LogP contribution in [0.15, 0.2) is 0 Å². The molecule has 0 bridgehead atoms. The summed E-state index contributed by atoms with van der Waals surface area (Å²) in [6.07, 6.45) is 5.88. The molecular weight excluding hydrogens is 204 g/mol. The molecule has 0 aromatic heterocycles. The number of amides is 1. The van der Waals surface area contributed by atoms with Crippen molar-refractivity contribution >= 4 is 5.91 Å². The molecule has 2 N–H and O–H groups in total. The Morgan fingerprint density at radius 1 is 1.31 bits per heavy atom. The van der Waals surface area contributed by atoms with Gasteiger partial charge in [0, 0.05) is 20.3 Å². The second kappa shape index (κ2) is 8.53. The molecule has 0 aliphatic heterocycles. The van der Waals surface area contributed by atoms with Crippen LogP contribution in [0.5, 0.6) is 0 Å². The van der Waals surface area contributed by atoms with Crippen molar-refractivity contribution in [1.29, 1.82) is 0 Å². The molecule has 1 fully saturated rings. The Morgan fingerprint density at radius 3 is 2.81 bits per heavy atom. The molecule has 0 spiro atoms. The van der Waals surface area contributed by atoms with E-state index in [0.29, 0.717) is 6.54 Å². The van der Waals surface area contributed by atoms with Crippen molar-refractivity contribution in [1.82, 2.24) is 10.6 Å². The standard InChI is InChI=1S/C12H24N2O2/c1-16-8-4-2-3-7-14-12(15)10-13-9-11-5-6-11/h11,13H,2-10H2,1H3,(H,14,15). The van der Waals surface area contributed by atoms with Gasteiger partial charge in [0.15, 0.2) is 0 Å². The predicted octanol–water partition coefficient (Wildman–Crippen LogP) is 0.919. The van der Waals surface area contributed by atoms with Crippen molar-refractivity contribution in [2.45, 2.75) is 32.1 Å². The summed E-state index contributed by atoms with van der Waals surface area (Å²) in [5, 5.41) is 6.09. The van der Waals surface area contributed by atoms with Gasteiger partial charge in [0.1, 0.15) is 0 Å². The molecule has 1 aliphatic carbocycles. The number of rotatable bonds is 10. The topological polar surface area (TPSA) is 50.4 Å². The Morgan fingerprint density at radius 2 is 2.12 bits per heavy atom. The lowest BCUT2D eigenvalue weighted by molar-refractivity contribution is -0.120. The zero-order valence-corrected chi connectivity index (χ0v) is 10.3. The first-order valence-electron chi connectivity index (χ1n) is 6.29. The van der Waals surface area contributed by atoms with Gasteiger partial charge in [-0.2, -0.15) is 0 Å². The molecule has 0 radical (unpaired) electrons. The molecular formula is C12H24N2O2. The van der Waals surface area contributed by atoms with Crippen LogP contribution in [0.3, 0.4) is 0 Å². The molecule has 1 saturated carbocycles. The second-order valence-corrected chi connectivity index (χ2v) is 4.48. The van der Waals surface area contributed by atoms with Crippen molar-refractivity contribution in [2.75, 3.05) is 33.4 Å². The van der Waals surface area contributed by atoms with Crippen LogP contribution in [0.4, 0.5) is 0 Å². The third kappa shape index (κ3) is 7.65. The molecule has 94 valence electrons. The van der Waals surface area contributed by atoms with E-state index in [9.17, 15) is 4.79 Å². The first-order chi connectivity index (χ1) is 7.83. The van der Waals surface area contributed by atoms with Gasteiger partial charge in [-0.1, -0.05) is 0 Å². The number of carbonyl (C=O) groups excluding carboxylic acids is 1. The molecule has 0 atom stereocenters. The summed E-state index contributed by atoms with van der Waals surface area (Å²) in [7, 11) is 1.72. The number of carbonyl (C=O) groups is 1. The van der Waals surface area contributed by atoms with E-state index in [0.717, 1.165) is 44.9 Å². The van der Waals surface area contributed by atoms with Gasteiger partial charge in [-0.05, 0) is 44.6 Å². The quantitative estimate of drug-likeness (QED) is 0.547. The lowest BCUT2D eigenvalue weighted by Gasteiger charge is -2.06. The second-order valence-electron chi connectivity index (χ2n) is 4.48. The largest absolute Gasteiger partial charge is 0.385 e. The van der Waals surface area contributed by atoms with Crippen molar-refractivity contribution < 1.29 is 9.53 Å². The van der Waals surface area contributed by atoms with E-state index >= 15 is 0 Å². The Kier molecular flexibility index (Phi) is 7.17. The minimum absolute atomic E-state index is 0.118. The molecule has 4 nitrogen and oxygen atoms in total. The number of hydrogen-bond acceptors (Lipinski definition) is 3. The first kappa shape index (κ1) is 13.5. The van der Waals surface area contributed by atoms with E-state index in [4.69, 9.17) is 4.74 Å². The summed E-state index contributed by atoms with van der Waals surface area (Å²) in [6.45, 7) is 3.07. The van der Waals surface area contributed by atoms with Gasteiger partial charge in [0.25, 0.3) is 0 Å². The zero-order chi connectivity index (χ0) is 11.6. The normalized spacial score (nSPS) is 15.1. The Bertz CT molecular complexity index is 193. The number of nitrogens with one attached hydrogen (secondary N) is 2. The minimum Gasteiger partial charge on any atom is -0.385 e. The fourth-order valence-corrected chi connectivity index (χ4v) is 1.55. The van der Waals surface area contributed by atoms with E-state index in [2.05, 4.69) is 10.6 Å². The third-order valence-electron chi connectivity index (χ3n) is 2.76. The number of hydrogen-bond donors (Lipinski definition) is 2. The van der Waals surface area contributed by atoms with Gasteiger partial charge in [-0.15, -0.1) is 0 Å². The van der Waals surface area contributed by atoms with Gasteiger partial charge in [-0.3, -0.25) is 4.79 Å². The van der Waals surface area contributed by atoms with Crippen LogP contribution >= 0.6 is 0 Å². The van der Waals surface area contributed by atoms with Crippen LogP contribution in [0.25, 0.3) is 0 Å². The Hall–Kier alpha value is -0.610. The molecule has 0 aromatic carbocycles. The zero-order valence-electron chi connectivity index (χ0n) is 10.3. The van der Waals surface area contributed by atoms with Gasteiger partial charge in [0.05, 0.1) is 6.54 Å². The fourth-order valence-electron chi connectivity index (χ4n) is 1.55. The maximum atomic E-state index is 11.3. The van der Waals surface area contributed by atoms with Crippen LogP contribution in [0.2, 0.25) is 0 Å². The van der Waals surface area contributed by atoms with Crippen LogP contribution in [0.1, 0.15) is 32.1 Å². The fraction of sp³-hybridized carbons (Fsp3) is 0.917. The number of ether oxygens (including phenoxy) is 1. The highest BCUT2D eigenvalue weighted by Gasteiger charge is 2.20. The highest BCUT2D eigenvalue weighted by molar-refractivity contribution is 5.77. The lowest BCUT2D eigenvalue weighted by Crippen LogP contribution is -2.35. The van der Waals surface area contributed by atoms with Gasteiger partial charge >= 0.3 is 0 Å². The average molecular weight is 228 g/mol. The highest BCUT2D eigenvalue weighted by Crippen LogP contribution is 2.27. The Labute approximate surface area is 98.1 Å². The predicted molar refractivity (Wildman–Crippen MR) is 64.3 cm³/mol. The van der Waals surface area contributed by atoms with E-state index in [-0.39, 0.29) is 5.91 Å². The van der Waals surface area contributed by atoms with E-state index in [1.807, 2.05) is 0 Å². The molecule has 16 heavy (non-hydrogen) atoms. The summed E-state index contributed by atoms with van der Waals surface area (Å²) >= 11 is 0. The van der Waals surface area contributed by atoms with Gasteiger partial charge < -0.3 is 15.4 Å². The lowest BCUT2D eigenvalue weighted by atomic mass is 10.2. The van der Waals surface area contributed by atoms with Crippen molar-refractivity contribution in [2.24, 2.45) is 5.92 Å². The van der Waals surface area contributed by atoms with Crippen molar-refractivity contribution in [3.05, 3.63) is 0 Å². The Balaban J connectivity index is 1.78. The van der Waals surface area contributed by atoms with Gasteiger partial charge in [-0.25, -0.2) is 0 Å². The number of unbranched alkanes of at least 4 members (excludes halogenated alkanes) is 2. The monoisotopic (exact) mass is 228 g/mol. The van der Waals surface area contributed by atoms with Crippen LogP contribution < -0.4 is 10.6 Å². The van der Waals surface area contributed by atoms with Gasteiger partial charge in [0.2, 0.25) is 5.91 Å². The maximum Gasteiger partial charge on any atom is 0.233 e. The molecule has 1 rings (SSSR count). The molecule has 0 saturated heterocycles. The van der Waals surface area contributed by atoms with Crippen LogP contribution in [0, 0.1) is 5.92 Å². The SMILES string of the molecule is COCCCCCNC(=O)CNCC1CC1. The van der Waals surface area contributed by atoms with Crippen LogP contribution in [-0.4, -0.2) is 39.3 Å². The summed E-state index contributed by atoms with van der Waals surface area (Å²) in [5.74, 6) is 0.953. The van der Waals surface area contributed by atoms with E-state index < -0.39 is 0 Å². The molecule has 0 unspecified atom stereocenters. The molecule has 4 heteroatoms. The highest BCUT2D eigenvalue weighted by atomic mass is 16.5. The van der Waals surface area contributed by atoms with Crippen LogP contribution in [-0.2, 0) is 9.53 Å². The van der Waals surface area contributed by atoms with Crippen molar-refractivity contribution in [3.63, 3.8) is 0 Å². The number of methoxy groups -OCH3 is 1. The average Bonchev–Trinajstić information content (AvgIpc) is 3.07. The summed E-state index contributed by atoms with van der Waals surface area (Å²) in [4.78, 5) is 11.3. The summed E-state index contributed by atoms with van der Waals surface area (Å²) in [6, 6.07) is 0. The molecule has 1 amide bonds.